The molecule has 0 unspecified atom stereocenters. The molecule has 0 heterocycles. The van der Waals surface area contributed by atoms with Gasteiger partial charge in [-0.1, -0.05) is 18.2 Å². The average Bonchev–Trinajstić information content (AvgIpc) is 2.52. The Morgan fingerprint density at radius 1 is 1.22 bits per heavy atom. The number of hydrogen-bond donors (Lipinski definition) is 2. The maximum Gasteiger partial charge on any atom is 0.244 e. The van der Waals surface area contributed by atoms with Gasteiger partial charge in [-0.05, 0) is 31.9 Å². The molecule has 2 N–H and O–H groups in total. The lowest BCUT2D eigenvalue weighted by molar-refractivity contribution is -0.133. The van der Waals surface area contributed by atoms with Crippen LogP contribution in [0.1, 0.15) is 18.1 Å². The molecule has 6 heteroatoms. The van der Waals surface area contributed by atoms with Gasteiger partial charge in [0.15, 0.2) is 0 Å². The van der Waals surface area contributed by atoms with Crippen LogP contribution in [0.2, 0.25) is 0 Å². The Balaban J connectivity index is 2.54. The average molecular weight is 321 g/mol. The van der Waals surface area contributed by atoms with Crippen LogP contribution in [-0.4, -0.2) is 56.6 Å². The number of ether oxygens (including phenoxy) is 1. The van der Waals surface area contributed by atoms with Crippen LogP contribution in [-0.2, 0) is 14.3 Å². The van der Waals surface area contributed by atoms with Gasteiger partial charge in [0.2, 0.25) is 11.8 Å². The number of aryl methyl sites for hydroxylation is 2. The highest BCUT2D eigenvalue weighted by atomic mass is 16.5. The van der Waals surface area contributed by atoms with Gasteiger partial charge in [-0.2, -0.15) is 0 Å². The van der Waals surface area contributed by atoms with Crippen LogP contribution in [0, 0.1) is 13.8 Å². The van der Waals surface area contributed by atoms with Crippen molar-refractivity contribution in [1.29, 1.82) is 0 Å². The molecule has 0 fully saturated rings. The minimum absolute atomic E-state index is 0.0507. The van der Waals surface area contributed by atoms with E-state index in [1.54, 1.807) is 7.11 Å². The van der Waals surface area contributed by atoms with Crippen LogP contribution in [0.5, 0.6) is 0 Å². The highest BCUT2D eigenvalue weighted by Crippen LogP contribution is 2.19. The predicted octanol–water partition coefficient (Wildman–Crippen LogP) is 1.33. The van der Waals surface area contributed by atoms with Gasteiger partial charge in [0, 0.05) is 25.9 Å². The van der Waals surface area contributed by atoms with E-state index in [2.05, 4.69) is 10.6 Å². The van der Waals surface area contributed by atoms with Crippen molar-refractivity contribution in [3.8, 4) is 0 Å². The number of benzene rings is 1. The minimum Gasteiger partial charge on any atom is -0.383 e. The van der Waals surface area contributed by atoms with Gasteiger partial charge in [0.05, 0.1) is 19.7 Å². The molecule has 1 rings (SSSR count). The van der Waals surface area contributed by atoms with E-state index in [4.69, 9.17) is 4.74 Å². The third-order valence-electron chi connectivity index (χ3n) is 3.57. The number of methoxy groups -OCH3 is 1. The van der Waals surface area contributed by atoms with E-state index in [0.717, 1.165) is 16.8 Å². The highest BCUT2D eigenvalue weighted by molar-refractivity contribution is 5.95. The topological polar surface area (TPSA) is 70.7 Å². The molecule has 0 aliphatic heterocycles. The molecule has 0 atom stereocenters. The Labute approximate surface area is 138 Å². The standard InChI is InChI=1S/C17H27N3O3/c1-5-20(16(22)11-18-9-10-23-4)12-15(21)19-17-13(2)7-6-8-14(17)3/h6-8,18H,5,9-12H2,1-4H3,(H,19,21). The first kappa shape index (κ1) is 19.1. The fourth-order valence-corrected chi connectivity index (χ4v) is 2.22. The Hall–Kier alpha value is -1.92. The lowest BCUT2D eigenvalue weighted by atomic mass is 10.1. The van der Waals surface area contributed by atoms with E-state index in [1.807, 2.05) is 39.0 Å². The first-order valence-electron chi connectivity index (χ1n) is 7.83. The number of nitrogens with zero attached hydrogens (tertiary/aromatic N) is 1. The van der Waals surface area contributed by atoms with Crippen molar-refractivity contribution in [2.45, 2.75) is 20.8 Å². The smallest absolute Gasteiger partial charge is 0.244 e. The second-order valence-corrected chi connectivity index (χ2v) is 5.39. The molecular formula is C17H27N3O3. The number of carbonyl (C=O) groups excluding carboxylic acids is 2. The Kier molecular flexibility index (Phi) is 8.29. The summed E-state index contributed by atoms with van der Waals surface area (Å²) < 4.78 is 4.91. The van der Waals surface area contributed by atoms with E-state index >= 15 is 0 Å². The number of para-hydroxylation sites is 1. The quantitative estimate of drug-likeness (QED) is 0.673. The highest BCUT2D eigenvalue weighted by Gasteiger charge is 2.16. The summed E-state index contributed by atoms with van der Waals surface area (Å²) in [4.78, 5) is 25.9. The SMILES string of the molecule is CCN(CC(=O)Nc1c(C)cccc1C)C(=O)CNCCOC. The summed E-state index contributed by atoms with van der Waals surface area (Å²) in [5.41, 5.74) is 2.84. The Bertz CT molecular complexity index is 512. The molecule has 23 heavy (non-hydrogen) atoms. The van der Waals surface area contributed by atoms with E-state index in [1.165, 1.54) is 4.90 Å². The van der Waals surface area contributed by atoms with Crippen LogP contribution in [0.4, 0.5) is 5.69 Å². The molecule has 0 saturated heterocycles. The van der Waals surface area contributed by atoms with Crippen LogP contribution in [0.15, 0.2) is 18.2 Å². The van der Waals surface area contributed by atoms with Crippen molar-refractivity contribution in [1.82, 2.24) is 10.2 Å². The van der Waals surface area contributed by atoms with Crippen LogP contribution < -0.4 is 10.6 Å². The maximum atomic E-state index is 12.2. The first-order valence-corrected chi connectivity index (χ1v) is 7.83. The summed E-state index contributed by atoms with van der Waals surface area (Å²) >= 11 is 0. The van der Waals surface area contributed by atoms with Crippen molar-refractivity contribution in [3.05, 3.63) is 29.3 Å². The molecule has 0 saturated carbocycles. The van der Waals surface area contributed by atoms with E-state index in [9.17, 15) is 9.59 Å². The van der Waals surface area contributed by atoms with Gasteiger partial charge in [-0.15, -0.1) is 0 Å². The monoisotopic (exact) mass is 321 g/mol. The third kappa shape index (κ3) is 6.38. The number of likely N-dealkylation sites (N-methyl/N-ethyl adjacent to an activating group) is 1. The molecule has 0 aliphatic carbocycles. The Morgan fingerprint density at radius 2 is 1.87 bits per heavy atom. The fraction of sp³-hybridized carbons (Fsp3) is 0.529. The first-order chi connectivity index (χ1) is 11.0. The molecule has 0 spiro atoms. The zero-order valence-electron chi connectivity index (χ0n) is 14.4. The van der Waals surface area contributed by atoms with Gasteiger partial charge >= 0.3 is 0 Å². The molecule has 1 aromatic rings. The van der Waals surface area contributed by atoms with Crippen LogP contribution >= 0.6 is 0 Å². The number of carbonyl (C=O) groups is 2. The normalized spacial score (nSPS) is 10.4. The van der Waals surface area contributed by atoms with E-state index in [-0.39, 0.29) is 24.9 Å². The molecule has 0 aliphatic rings. The number of amides is 2. The van der Waals surface area contributed by atoms with Crippen molar-refractivity contribution in [2.24, 2.45) is 0 Å². The Morgan fingerprint density at radius 3 is 2.43 bits per heavy atom. The second-order valence-electron chi connectivity index (χ2n) is 5.39. The molecule has 2 amide bonds. The molecular weight excluding hydrogens is 294 g/mol. The molecule has 128 valence electrons. The van der Waals surface area contributed by atoms with Crippen molar-refractivity contribution >= 4 is 17.5 Å². The third-order valence-corrected chi connectivity index (χ3v) is 3.57. The summed E-state index contributed by atoms with van der Waals surface area (Å²) in [7, 11) is 1.61. The summed E-state index contributed by atoms with van der Waals surface area (Å²) in [6, 6.07) is 5.85. The number of anilines is 1. The fourth-order valence-electron chi connectivity index (χ4n) is 2.22. The van der Waals surface area contributed by atoms with Crippen LogP contribution in [0.3, 0.4) is 0 Å². The number of nitrogens with one attached hydrogen (secondary N) is 2. The summed E-state index contributed by atoms with van der Waals surface area (Å²) in [5, 5.41) is 5.90. The molecule has 6 nitrogen and oxygen atoms in total. The minimum atomic E-state index is -0.186. The van der Waals surface area contributed by atoms with Gasteiger partial charge in [-0.3, -0.25) is 9.59 Å². The molecule has 0 bridgehead atoms. The van der Waals surface area contributed by atoms with E-state index < -0.39 is 0 Å². The maximum absolute atomic E-state index is 12.2. The predicted molar refractivity (Wildman–Crippen MR) is 91.5 cm³/mol. The zero-order chi connectivity index (χ0) is 17.2. The van der Waals surface area contributed by atoms with Crippen molar-refractivity contribution in [3.63, 3.8) is 0 Å². The van der Waals surface area contributed by atoms with Gasteiger partial charge in [0.1, 0.15) is 0 Å². The summed E-state index contributed by atoms with van der Waals surface area (Å²) in [6.45, 7) is 7.66. The molecule has 0 radical (unpaired) electrons. The number of rotatable bonds is 9. The van der Waals surface area contributed by atoms with Gasteiger partial charge in [-0.25, -0.2) is 0 Å². The number of hydrogen-bond acceptors (Lipinski definition) is 4. The van der Waals surface area contributed by atoms with Crippen LogP contribution in [0.25, 0.3) is 0 Å². The van der Waals surface area contributed by atoms with Gasteiger partial charge in [0.25, 0.3) is 0 Å². The second kappa shape index (κ2) is 9.97. The summed E-state index contributed by atoms with van der Waals surface area (Å²) in [6.07, 6.45) is 0. The molecule has 1 aromatic carbocycles. The zero-order valence-corrected chi connectivity index (χ0v) is 14.4. The lowest BCUT2D eigenvalue weighted by Gasteiger charge is -2.21. The largest absolute Gasteiger partial charge is 0.383 e. The van der Waals surface area contributed by atoms with Crippen molar-refractivity contribution < 1.29 is 14.3 Å². The lowest BCUT2D eigenvalue weighted by Crippen LogP contribution is -2.43. The molecule has 0 aromatic heterocycles. The summed E-state index contributed by atoms with van der Waals surface area (Å²) in [5.74, 6) is -0.283. The van der Waals surface area contributed by atoms with Gasteiger partial charge < -0.3 is 20.3 Å². The van der Waals surface area contributed by atoms with Crippen molar-refractivity contribution in [2.75, 3.05) is 45.2 Å². The van der Waals surface area contributed by atoms with E-state index in [0.29, 0.717) is 19.7 Å².